The minimum Gasteiger partial charge on any atom is -0.240 e. The van der Waals surface area contributed by atoms with Crippen molar-refractivity contribution >= 4 is 15.9 Å². The van der Waals surface area contributed by atoms with Crippen molar-refractivity contribution in [2.75, 3.05) is 0 Å². The van der Waals surface area contributed by atoms with E-state index < -0.39 is 0 Å². The van der Waals surface area contributed by atoms with Gasteiger partial charge in [0.2, 0.25) is 0 Å². The first-order valence-electron chi connectivity index (χ1n) is 5.69. The van der Waals surface area contributed by atoms with E-state index in [1.807, 2.05) is 6.20 Å². The van der Waals surface area contributed by atoms with Gasteiger partial charge in [-0.3, -0.25) is 0 Å². The molecule has 3 rings (SSSR count). The van der Waals surface area contributed by atoms with Gasteiger partial charge in [0, 0.05) is 12.1 Å². The Balaban J connectivity index is 2.04. The van der Waals surface area contributed by atoms with Crippen molar-refractivity contribution in [3.8, 4) is 6.07 Å². The molecule has 1 aromatic rings. The molecule has 1 heterocycles. The molecule has 82 valence electrons. The predicted molar refractivity (Wildman–Crippen MR) is 62.8 cm³/mol. The fourth-order valence-electron chi connectivity index (χ4n) is 2.19. The average molecular weight is 278 g/mol. The van der Waals surface area contributed by atoms with Gasteiger partial charge < -0.3 is 0 Å². The first-order chi connectivity index (χ1) is 7.75. The molecule has 0 bridgehead atoms. The lowest BCUT2D eigenvalue weighted by Crippen LogP contribution is -2.34. The van der Waals surface area contributed by atoms with Gasteiger partial charge in [-0.1, -0.05) is 0 Å². The van der Waals surface area contributed by atoms with Crippen LogP contribution in [0.4, 0.5) is 0 Å². The standard InChI is InChI=1S/C12H12BrN3/c13-9-6-15-11(8-2-3-8)16-10(9)12(7-14)4-1-5-12/h6,8H,1-5H2. The van der Waals surface area contributed by atoms with Gasteiger partial charge >= 0.3 is 0 Å². The Morgan fingerprint density at radius 2 is 2.19 bits per heavy atom. The van der Waals surface area contributed by atoms with Gasteiger partial charge in [0.25, 0.3) is 0 Å². The fourth-order valence-corrected chi connectivity index (χ4v) is 2.76. The average Bonchev–Trinajstić information content (AvgIpc) is 3.03. The molecule has 0 aromatic carbocycles. The monoisotopic (exact) mass is 277 g/mol. The zero-order valence-electron chi connectivity index (χ0n) is 8.91. The zero-order chi connectivity index (χ0) is 11.2. The van der Waals surface area contributed by atoms with E-state index in [1.54, 1.807) is 0 Å². The Morgan fingerprint density at radius 1 is 1.44 bits per heavy atom. The van der Waals surface area contributed by atoms with Crippen LogP contribution < -0.4 is 0 Å². The topological polar surface area (TPSA) is 49.6 Å². The Labute approximate surface area is 103 Å². The molecule has 0 amide bonds. The lowest BCUT2D eigenvalue weighted by molar-refractivity contribution is 0.313. The zero-order valence-corrected chi connectivity index (χ0v) is 10.5. The summed E-state index contributed by atoms with van der Waals surface area (Å²) in [5.74, 6) is 1.47. The van der Waals surface area contributed by atoms with Crippen molar-refractivity contribution in [3.63, 3.8) is 0 Å². The highest BCUT2D eigenvalue weighted by Gasteiger charge is 2.42. The summed E-state index contributed by atoms with van der Waals surface area (Å²) in [6, 6.07) is 2.44. The van der Waals surface area contributed by atoms with Crippen molar-refractivity contribution in [2.45, 2.75) is 43.4 Å². The quantitative estimate of drug-likeness (QED) is 0.835. The second-order valence-electron chi connectivity index (χ2n) is 4.75. The van der Waals surface area contributed by atoms with E-state index in [0.717, 1.165) is 35.3 Å². The normalized spacial score (nSPS) is 22.2. The van der Waals surface area contributed by atoms with Gasteiger partial charge in [-0.25, -0.2) is 9.97 Å². The van der Waals surface area contributed by atoms with Crippen LogP contribution >= 0.6 is 15.9 Å². The second kappa shape index (κ2) is 3.53. The SMILES string of the molecule is N#CC1(c2nc(C3CC3)ncc2Br)CCC1. The summed E-state index contributed by atoms with van der Waals surface area (Å²) in [7, 11) is 0. The summed E-state index contributed by atoms with van der Waals surface area (Å²) in [6.07, 6.45) is 7.20. The van der Waals surface area contributed by atoms with Gasteiger partial charge in [0.05, 0.1) is 16.2 Å². The Hall–Kier alpha value is -0.950. The molecular weight excluding hydrogens is 266 g/mol. The molecule has 0 N–H and O–H groups in total. The molecule has 2 fully saturated rings. The molecule has 1 aromatic heterocycles. The number of halogens is 1. The maximum Gasteiger partial charge on any atom is 0.131 e. The minimum atomic E-state index is -0.342. The molecule has 4 heteroatoms. The molecule has 0 radical (unpaired) electrons. The van der Waals surface area contributed by atoms with Crippen LogP contribution in [0, 0.1) is 11.3 Å². The van der Waals surface area contributed by atoms with E-state index in [1.165, 1.54) is 12.8 Å². The Morgan fingerprint density at radius 3 is 2.69 bits per heavy atom. The summed E-state index contributed by atoms with van der Waals surface area (Å²) in [6.45, 7) is 0. The number of nitrogens with zero attached hydrogens (tertiary/aromatic N) is 3. The first-order valence-corrected chi connectivity index (χ1v) is 6.49. The lowest BCUT2D eigenvalue weighted by Gasteiger charge is -2.35. The van der Waals surface area contributed by atoms with E-state index in [-0.39, 0.29) is 5.41 Å². The van der Waals surface area contributed by atoms with E-state index in [4.69, 9.17) is 0 Å². The second-order valence-corrected chi connectivity index (χ2v) is 5.60. The van der Waals surface area contributed by atoms with Crippen LogP contribution in [0.3, 0.4) is 0 Å². The summed E-state index contributed by atoms with van der Waals surface area (Å²) in [5.41, 5.74) is 0.573. The number of rotatable bonds is 2. The van der Waals surface area contributed by atoms with Crippen molar-refractivity contribution in [2.24, 2.45) is 0 Å². The van der Waals surface area contributed by atoms with E-state index >= 15 is 0 Å². The molecule has 0 spiro atoms. The van der Waals surface area contributed by atoms with Crippen molar-refractivity contribution in [3.05, 3.63) is 22.2 Å². The molecular formula is C12H12BrN3. The smallest absolute Gasteiger partial charge is 0.131 e. The fraction of sp³-hybridized carbons (Fsp3) is 0.583. The number of hydrogen-bond acceptors (Lipinski definition) is 3. The van der Waals surface area contributed by atoms with Crippen LogP contribution in [-0.2, 0) is 5.41 Å². The molecule has 2 saturated carbocycles. The highest BCUT2D eigenvalue weighted by atomic mass is 79.9. The Bertz CT molecular complexity index is 470. The van der Waals surface area contributed by atoms with Crippen molar-refractivity contribution < 1.29 is 0 Å². The van der Waals surface area contributed by atoms with Gasteiger partial charge in [-0.15, -0.1) is 0 Å². The first kappa shape index (κ1) is 10.2. The number of nitriles is 1. The molecule has 2 aliphatic rings. The van der Waals surface area contributed by atoms with Crippen molar-refractivity contribution in [1.29, 1.82) is 5.26 Å². The molecule has 0 unspecified atom stereocenters. The largest absolute Gasteiger partial charge is 0.240 e. The van der Waals surface area contributed by atoms with Crippen LogP contribution in [0.1, 0.15) is 49.5 Å². The molecule has 16 heavy (non-hydrogen) atoms. The summed E-state index contributed by atoms with van der Waals surface area (Å²) < 4.78 is 0.887. The molecule has 0 aliphatic heterocycles. The Kier molecular flexibility index (Phi) is 2.25. The van der Waals surface area contributed by atoms with Gasteiger partial charge in [-0.05, 0) is 48.0 Å². The highest BCUT2D eigenvalue weighted by molar-refractivity contribution is 9.10. The predicted octanol–water partition coefficient (Wildman–Crippen LogP) is 3.06. The van der Waals surface area contributed by atoms with Crippen LogP contribution in [0.25, 0.3) is 0 Å². The molecule has 3 nitrogen and oxygen atoms in total. The van der Waals surface area contributed by atoms with E-state index in [2.05, 4.69) is 32.0 Å². The number of hydrogen-bond donors (Lipinski definition) is 0. The van der Waals surface area contributed by atoms with Crippen LogP contribution in [-0.4, -0.2) is 9.97 Å². The third kappa shape index (κ3) is 1.46. The lowest BCUT2D eigenvalue weighted by atomic mass is 9.67. The summed E-state index contributed by atoms with van der Waals surface area (Å²) in [4.78, 5) is 8.96. The van der Waals surface area contributed by atoms with Crippen molar-refractivity contribution in [1.82, 2.24) is 9.97 Å². The van der Waals surface area contributed by atoms with E-state index in [9.17, 15) is 5.26 Å². The minimum absolute atomic E-state index is 0.342. The summed E-state index contributed by atoms with van der Waals surface area (Å²) in [5, 5.41) is 9.33. The summed E-state index contributed by atoms with van der Waals surface area (Å²) >= 11 is 3.48. The third-order valence-electron chi connectivity index (χ3n) is 3.58. The molecule has 2 aliphatic carbocycles. The van der Waals surface area contributed by atoms with Gasteiger partial charge in [-0.2, -0.15) is 5.26 Å². The number of aromatic nitrogens is 2. The van der Waals surface area contributed by atoms with E-state index in [0.29, 0.717) is 5.92 Å². The van der Waals surface area contributed by atoms with Gasteiger partial charge in [0.1, 0.15) is 11.2 Å². The van der Waals surface area contributed by atoms with Crippen LogP contribution in [0.5, 0.6) is 0 Å². The third-order valence-corrected chi connectivity index (χ3v) is 4.16. The van der Waals surface area contributed by atoms with Crippen LogP contribution in [0.15, 0.2) is 10.7 Å². The van der Waals surface area contributed by atoms with Crippen LogP contribution in [0.2, 0.25) is 0 Å². The maximum atomic E-state index is 9.33. The van der Waals surface area contributed by atoms with Gasteiger partial charge in [0.15, 0.2) is 0 Å². The molecule has 0 saturated heterocycles. The highest BCUT2D eigenvalue weighted by Crippen LogP contribution is 2.46. The molecule has 0 atom stereocenters. The maximum absolute atomic E-state index is 9.33.